The van der Waals surface area contributed by atoms with Gasteiger partial charge in [0, 0.05) is 17.5 Å². The number of carbonyl (C=O) groups is 1. The van der Waals surface area contributed by atoms with Crippen molar-refractivity contribution in [3.05, 3.63) is 60.2 Å². The van der Waals surface area contributed by atoms with E-state index in [2.05, 4.69) is 5.32 Å². The van der Waals surface area contributed by atoms with E-state index in [4.69, 9.17) is 9.72 Å². The van der Waals surface area contributed by atoms with Crippen LogP contribution < -0.4 is 10.1 Å². The molecular formula is C20H20N2O2. The fourth-order valence-electron chi connectivity index (χ4n) is 2.63. The highest BCUT2D eigenvalue weighted by molar-refractivity contribution is 6.07. The minimum atomic E-state index is -0.0698. The van der Waals surface area contributed by atoms with Crippen LogP contribution in [0.3, 0.4) is 0 Å². The van der Waals surface area contributed by atoms with Crippen LogP contribution in [0.5, 0.6) is 5.75 Å². The van der Waals surface area contributed by atoms with Crippen LogP contribution in [0.4, 0.5) is 0 Å². The van der Waals surface area contributed by atoms with E-state index >= 15 is 0 Å². The third-order valence-electron chi connectivity index (χ3n) is 3.86. The number of carbonyl (C=O) groups excluding carboxylic acids is 1. The summed E-state index contributed by atoms with van der Waals surface area (Å²) in [4.78, 5) is 17.3. The van der Waals surface area contributed by atoms with Crippen molar-refractivity contribution in [2.45, 2.75) is 13.3 Å². The Kier molecular flexibility index (Phi) is 4.75. The highest BCUT2D eigenvalue weighted by Gasteiger charge is 2.13. The molecule has 0 radical (unpaired) electrons. The zero-order valence-electron chi connectivity index (χ0n) is 13.9. The molecule has 0 aliphatic carbocycles. The first-order valence-corrected chi connectivity index (χ1v) is 8.05. The molecule has 4 nitrogen and oxygen atoms in total. The van der Waals surface area contributed by atoms with E-state index < -0.39 is 0 Å². The number of hydrogen-bond donors (Lipinski definition) is 1. The molecule has 0 aliphatic heterocycles. The number of pyridine rings is 1. The standard InChI is InChI=1S/C20H20N2O2/c1-3-11-21-20(23)17-13-19(14-7-6-8-15(12-14)24-2)22-18-10-5-4-9-16(17)18/h4-10,12-13H,3,11H2,1-2H3,(H,21,23). The van der Waals surface area contributed by atoms with Crippen LogP contribution in [-0.4, -0.2) is 24.5 Å². The van der Waals surface area contributed by atoms with Crippen LogP contribution in [0.1, 0.15) is 23.7 Å². The number of nitrogens with zero attached hydrogens (tertiary/aromatic N) is 1. The lowest BCUT2D eigenvalue weighted by atomic mass is 10.0. The van der Waals surface area contributed by atoms with Gasteiger partial charge in [-0.05, 0) is 30.7 Å². The minimum absolute atomic E-state index is 0.0698. The van der Waals surface area contributed by atoms with E-state index in [1.54, 1.807) is 7.11 Å². The van der Waals surface area contributed by atoms with Gasteiger partial charge in [0.05, 0.1) is 23.9 Å². The Morgan fingerprint density at radius 1 is 1.12 bits per heavy atom. The number of rotatable bonds is 5. The molecule has 3 rings (SSSR count). The third kappa shape index (κ3) is 3.23. The second-order valence-corrected chi connectivity index (χ2v) is 5.56. The number of ether oxygens (including phenoxy) is 1. The van der Waals surface area contributed by atoms with Crippen molar-refractivity contribution in [3.63, 3.8) is 0 Å². The number of methoxy groups -OCH3 is 1. The lowest BCUT2D eigenvalue weighted by Gasteiger charge is -2.11. The summed E-state index contributed by atoms with van der Waals surface area (Å²) in [7, 11) is 1.64. The van der Waals surface area contributed by atoms with Crippen molar-refractivity contribution >= 4 is 16.8 Å². The molecule has 0 unspecified atom stereocenters. The number of fused-ring (bicyclic) bond motifs is 1. The maximum Gasteiger partial charge on any atom is 0.252 e. The topological polar surface area (TPSA) is 51.2 Å². The highest BCUT2D eigenvalue weighted by atomic mass is 16.5. The molecule has 1 amide bonds. The first-order chi connectivity index (χ1) is 11.7. The molecule has 0 bridgehead atoms. The summed E-state index contributed by atoms with van der Waals surface area (Å²) >= 11 is 0. The molecule has 4 heteroatoms. The van der Waals surface area contributed by atoms with Crippen molar-refractivity contribution in [1.29, 1.82) is 0 Å². The predicted octanol–water partition coefficient (Wildman–Crippen LogP) is 4.05. The smallest absolute Gasteiger partial charge is 0.252 e. The lowest BCUT2D eigenvalue weighted by Crippen LogP contribution is -2.24. The van der Waals surface area contributed by atoms with Gasteiger partial charge in [0.1, 0.15) is 5.75 Å². The zero-order valence-corrected chi connectivity index (χ0v) is 13.9. The van der Waals surface area contributed by atoms with Crippen molar-refractivity contribution in [2.24, 2.45) is 0 Å². The zero-order chi connectivity index (χ0) is 16.9. The fourth-order valence-corrected chi connectivity index (χ4v) is 2.63. The van der Waals surface area contributed by atoms with E-state index in [0.717, 1.165) is 34.3 Å². The van der Waals surface area contributed by atoms with Gasteiger partial charge in [0.25, 0.3) is 5.91 Å². The van der Waals surface area contributed by atoms with Crippen LogP contribution in [-0.2, 0) is 0 Å². The van der Waals surface area contributed by atoms with E-state index in [9.17, 15) is 4.79 Å². The second-order valence-electron chi connectivity index (χ2n) is 5.56. The largest absolute Gasteiger partial charge is 0.497 e. The van der Waals surface area contributed by atoms with Crippen LogP contribution >= 0.6 is 0 Å². The Morgan fingerprint density at radius 3 is 2.75 bits per heavy atom. The van der Waals surface area contributed by atoms with E-state index in [0.29, 0.717) is 12.1 Å². The molecule has 3 aromatic rings. The molecule has 0 fully saturated rings. The second kappa shape index (κ2) is 7.13. The van der Waals surface area contributed by atoms with Gasteiger partial charge in [0.2, 0.25) is 0 Å². The van der Waals surface area contributed by atoms with Crippen LogP contribution in [0.2, 0.25) is 0 Å². The van der Waals surface area contributed by atoms with Gasteiger partial charge in [-0.25, -0.2) is 4.98 Å². The summed E-state index contributed by atoms with van der Waals surface area (Å²) in [5.41, 5.74) is 3.13. The Hall–Kier alpha value is -2.88. The summed E-state index contributed by atoms with van der Waals surface area (Å²) in [5, 5.41) is 3.81. The van der Waals surface area contributed by atoms with Gasteiger partial charge in [-0.3, -0.25) is 4.79 Å². The molecule has 1 heterocycles. The molecule has 0 saturated heterocycles. The average molecular weight is 320 g/mol. The molecule has 122 valence electrons. The molecular weight excluding hydrogens is 300 g/mol. The number of para-hydroxylation sites is 1. The summed E-state index contributed by atoms with van der Waals surface area (Å²) in [6.07, 6.45) is 0.900. The minimum Gasteiger partial charge on any atom is -0.497 e. The molecule has 2 aromatic carbocycles. The Morgan fingerprint density at radius 2 is 1.96 bits per heavy atom. The van der Waals surface area contributed by atoms with Gasteiger partial charge in [-0.2, -0.15) is 0 Å². The van der Waals surface area contributed by atoms with Crippen molar-refractivity contribution in [3.8, 4) is 17.0 Å². The van der Waals surface area contributed by atoms with Crippen molar-refractivity contribution in [1.82, 2.24) is 10.3 Å². The van der Waals surface area contributed by atoms with Gasteiger partial charge < -0.3 is 10.1 Å². The fraction of sp³-hybridized carbons (Fsp3) is 0.200. The van der Waals surface area contributed by atoms with Crippen LogP contribution in [0.25, 0.3) is 22.2 Å². The summed E-state index contributed by atoms with van der Waals surface area (Å²) in [5.74, 6) is 0.694. The number of aromatic nitrogens is 1. The third-order valence-corrected chi connectivity index (χ3v) is 3.86. The normalized spacial score (nSPS) is 10.6. The summed E-state index contributed by atoms with van der Waals surface area (Å²) in [6.45, 7) is 2.69. The number of benzene rings is 2. The first-order valence-electron chi connectivity index (χ1n) is 8.05. The Labute approximate surface area is 141 Å². The van der Waals surface area contributed by atoms with Gasteiger partial charge >= 0.3 is 0 Å². The van der Waals surface area contributed by atoms with E-state index in [1.807, 2.05) is 61.5 Å². The Balaban J connectivity index is 2.14. The van der Waals surface area contributed by atoms with Gasteiger partial charge in [0.15, 0.2) is 0 Å². The molecule has 0 spiro atoms. The van der Waals surface area contributed by atoms with Crippen LogP contribution in [0, 0.1) is 0 Å². The molecule has 0 atom stereocenters. The van der Waals surface area contributed by atoms with Gasteiger partial charge in [-0.1, -0.05) is 37.3 Å². The predicted molar refractivity (Wildman–Crippen MR) is 96.4 cm³/mol. The van der Waals surface area contributed by atoms with Crippen LogP contribution in [0.15, 0.2) is 54.6 Å². The molecule has 1 N–H and O–H groups in total. The number of nitrogens with one attached hydrogen (secondary N) is 1. The number of hydrogen-bond acceptors (Lipinski definition) is 3. The molecule has 0 aliphatic rings. The van der Waals surface area contributed by atoms with Crippen molar-refractivity contribution < 1.29 is 9.53 Å². The molecule has 0 saturated carbocycles. The average Bonchev–Trinajstić information content (AvgIpc) is 2.65. The summed E-state index contributed by atoms with van der Waals surface area (Å²) in [6, 6.07) is 17.2. The maximum absolute atomic E-state index is 12.6. The lowest BCUT2D eigenvalue weighted by molar-refractivity contribution is 0.0955. The highest BCUT2D eigenvalue weighted by Crippen LogP contribution is 2.27. The summed E-state index contributed by atoms with van der Waals surface area (Å²) < 4.78 is 5.29. The Bertz CT molecular complexity index is 874. The SMILES string of the molecule is CCCNC(=O)c1cc(-c2cccc(OC)c2)nc2ccccc12. The van der Waals surface area contributed by atoms with Crippen molar-refractivity contribution in [2.75, 3.05) is 13.7 Å². The number of amides is 1. The monoisotopic (exact) mass is 320 g/mol. The van der Waals surface area contributed by atoms with Gasteiger partial charge in [-0.15, -0.1) is 0 Å². The maximum atomic E-state index is 12.6. The molecule has 1 aromatic heterocycles. The quantitative estimate of drug-likeness (QED) is 0.771. The molecule has 24 heavy (non-hydrogen) atoms. The van der Waals surface area contributed by atoms with E-state index in [-0.39, 0.29) is 5.91 Å². The first kappa shape index (κ1) is 16.0. The van der Waals surface area contributed by atoms with E-state index in [1.165, 1.54) is 0 Å².